The van der Waals surface area contributed by atoms with Gasteiger partial charge in [0.2, 0.25) is 5.88 Å². The summed E-state index contributed by atoms with van der Waals surface area (Å²) in [5, 5.41) is 0. The number of nitrogens with zero attached hydrogens (tertiary/aromatic N) is 2. The molecular weight excluding hydrogens is 284 g/mol. The van der Waals surface area contributed by atoms with Crippen molar-refractivity contribution in [2.75, 3.05) is 6.54 Å². The lowest BCUT2D eigenvalue weighted by molar-refractivity contribution is 0.111. The van der Waals surface area contributed by atoms with E-state index in [1.54, 1.807) is 0 Å². The van der Waals surface area contributed by atoms with Crippen molar-refractivity contribution < 1.29 is 4.74 Å². The number of hydrogen-bond donors (Lipinski definition) is 0. The minimum atomic E-state index is 0.499. The van der Waals surface area contributed by atoms with Gasteiger partial charge in [0.25, 0.3) is 0 Å². The standard InChI is InChI=1S/C20H26N2O/c1-16(2)22-13-7-6-10-19(22)18-11-12-20(21-14-18)23-15-17-8-4-3-5-9-17/h3-5,8-9,11-12,14,16,19H,6-7,10,13,15H2,1-2H3/t19-/m0/s1. The Hall–Kier alpha value is -1.87. The molecule has 1 aromatic carbocycles. The highest BCUT2D eigenvalue weighted by molar-refractivity contribution is 5.22. The van der Waals surface area contributed by atoms with Crippen LogP contribution in [-0.2, 0) is 6.61 Å². The van der Waals surface area contributed by atoms with Gasteiger partial charge in [-0.2, -0.15) is 0 Å². The molecule has 2 heterocycles. The van der Waals surface area contributed by atoms with Gasteiger partial charge in [-0.15, -0.1) is 0 Å². The Morgan fingerprint density at radius 1 is 1.13 bits per heavy atom. The minimum absolute atomic E-state index is 0.499. The molecule has 0 unspecified atom stereocenters. The largest absolute Gasteiger partial charge is 0.473 e. The van der Waals surface area contributed by atoms with E-state index < -0.39 is 0 Å². The molecule has 0 spiro atoms. The van der Waals surface area contributed by atoms with E-state index in [1.807, 2.05) is 30.5 Å². The van der Waals surface area contributed by atoms with Gasteiger partial charge < -0.3 is 4.74 Å². The summed E-state index contributed by atoms with van der Waals surface area (Å²) in [5.41, 5.74) is 2.47. The molecule has 0 aliphatic carbocycles. The van der Waals surface area contributed by atoms with Gasteiger partial charge in [-0.05, 0) is 44.4 Å². The smallest absolute Gasteiger partial charge is 0.213 e. The second-order valence-corrected chi connectivity index (χ2v) is 6.55. The van der Waals surface area contributed by atoms with Crippen LogP contribution in [0.1, 0.15) is 50.3 Å². The summed E-state index contributed by atoms with van der Waals surface area (Å²) in [7, 11) is 0. The van der Waals surface area contributed by atoms with Gasteiger partial charge in [0.1, 0.15) is 6.61 Å². The summed E-state index contributed by atoms with van der Waals surface area (Å²) in [5.74, 6) is 0.699. The minimum Gasteiger partial charge on any atom is -0.473 e. The molecule has 0 N–H and O–H groups in total. The topological polar surface area (TPSA) is 25.4 Å². The first-order chi connectivity index (χ1) is 11.2. The highest BCUT2D eigenvalue weighted by Crippen LogP contribution is 2.32. The normalized spacial score (nSPS) is 19.0. The zero-order valence-electron chi connectivity index (χ0n) is 14.1. The lowest BCUT2D eigenvalue weighted by atomic mass is 9.95. The van der Waals surface area contributed by atoms with Crippen LogP contribution >= 0.6 is 0 Å². The van der Waals surface area contributed by atoms with Gasteiger partial charge in [0, 0.05) is 24.3 Å². The van der Waals surface area contributed by atoms with Crippen LogP contribution in [0.25, 0.3) is 0 Å². The fourth-order valence-corrected chi connectivity index (χ4v) is 3.34. The van der Waals surface area contributed by atoms with Gasteiger partial charge in [-0.3, -0.25) is 4.90 Å². The molecule has 1 aliphatic rings. The van der Waals surface area contributed by atoms with E-state index in [0.29, 0.717) is 24.6 Å². The SMILES string of the molecule is CC(C)N1CCCC[C@H]1c1ccc(OCc2ccccc2)nc1. The molecule has 3 nitrogen and oxygen atoms in total. The van der Waals surface area contributed by atoms with Crippen LogP contribution in [0.4, 0.5) is 0 Å². The monoisotopic (exact) mass is 310 g/mol. The van der Waals surface area contributed by atoms with Crippen molar-refractivity contribution in [1.29, 1.82) is 0 Å². The molecule has 0 saturated carbocycles. The maximum Gasteiger partial charge on any atom is 0.213 e. The molecule has 0 amide bonds. The van der Waals surface area contributed by atoms with E-state index in [0.717, 1.165) is 5.56 Å². The summed E-state index contributed by atoms with van der Waals surface area (Å²) in [6.45, 7) is 6.31. The van der Waals surface area contributed by atoms with Gasteiger partial charge in [0.05, 0.1) is 0 Å². The molecule has 2 aromatic rings. The molecule has 0 radical (unpaired) electrons. The summed E-state index contributed by atoms with van der Waals surface area (Å²) in [4.78, 5) is 7.10. The van der Waals surface area contributed by atoms with Crippen LogP contribution in [0.3, 0.4) is 0 Å². The maximum absolute atomic E-state index is 5.78. The average molecular weight is 310 g/mol. The van der Waals surface area contributed by atoms with E-state index in [2.05, 4.69) is 41.9 Å². The number of aromatic nitrogens is 1. The van der Waals surface area contributed by atoms with Crippen molar-refractivity contribution in [2.45, 2.75) is 51.8 Å². The summed E-state index contributed by atoms with van der Waals surface area (Å²) >= 11 is 0. The summed E-state index contributed by atoms with van der Waals surface area (Å²) < 4.78 is 5.78. The third-order valence-electron chi connectivity index (χ3n) is 4.58. The predicted molar refractivity (Wildman–Crippen MR) is 93.4 cm³/mol. The molecule has 3 rings (SSSR count). The van der Waals surface area contributed by atoms with Crippen LogP contribution in [0, 0.1) is 0 Å². The second kappa shape index (κ2) is 7.60. The molecule has 0 bridgehead atoms. The van der Waals surface area contributed by atoms with Crippen molar-refractivity contribution in [3.63, 3.8) is 0 Å². The van der Waals surface area contributed by atoms with Crippen molar-refractivity contribution in [3.05, 3.63) is 59.8 Å². The van der Waals surface area contributed by atoms with E-state index in [1.165, 1.54) is 31.4 Å². The Labute approximate surface area is 139 Å². The summed E-state index contributed by atoms with van der Waals surface area (Å²) in [6, 6.07) is 15.5. The molecule has 1 aliphatic heterocycles. The van der Waals surface area contributed by atoms with Crippen molar-refractivity contribution >= 4 is 0 Å². The van der Waals surface area contributed by atoms with Crippen molar-refractivity contribution in [2.24, 2.45) is 0 Å². The Morgan fingerprint density at radius 2 is 1.96 bits per heavy atom. The van der Waals surface area contributed by atoms with Crippen molar-refractivity contribution in [3.8, 4) is 5.88 Å². The van der Waals surface area contributed by atoms with E-state index in [-0.39, 0.29) is 0 Å². The highest BCUT2D eigenvalue weighted by Gasteiger charge is 2.25. The molecule has 1 fully saturated rings. The Morgan fingerprint density at radius 3 is 2.65 bits per heavy atom. The Kier molecular flexibility index (Phi) is 5.29. The lowest BCUT2D eigenvalue weighted by Crippen LogP contribution is -2.38. The quantitative estimate of drug-likeness (QED) is 0.807. The fraction of sp³-hybridized carbons (Fsp3) is 0.450. The zero-order valence-corrected chi connectivity index (χ0v) is 14.1. The van der Waals surface area contributed by atoms with E-state index in [9.17, 15) is 0 Å². The lowest BCUT2D eigenvalue weighted by Gasteiger charge is -2.38. The van der Waals surface area contributed by atoms with Crippen LogP contribution in [-0.4, -0.2) is 22.5 Å². The Bertz CT molecular complexity index is 595. The average Bonchev–Trinajstić information content (AvgIpc) is 2.61. The van der Waals surface area contributed by atoms with Crippen LogP contribution in [0.15, 0.2) is 48.7 Å². The van der Waals surface area contributed by atoms with Gasteiger partial charge in [-0.25, -0.2) is 4.98 Å². The van der Waals surface area contributed by atoms with Crippen LogP contribution < -0.4 is 4.74 Å². The number of likely N-dealkylation sites (tertiary alicyclic amines) is 1. The number of rotatable bonds is 5. The number of ether oxygens (including phenoxy) is 1. The van der Waals surface area contributed by atoms with E-state index >= 15 is 0 Å². The summed E-state index contributed by atoms with van der Waals surface area (Å²) in [6.07, 6.45) is 5.83. The Balaban J connectivity index is 1.64. The molecule has 122 valence electrons. The molecule has 1 atom stereocenters. The number of hydrogen-bond acceptors (Lipinski definition) is 3. The predicted octanol–water partition coefficient (Wildman–Crippen LogP) is 4.60. The number of piperidine rings is 1. The first-order valence-electron chi connectivity index (χ1n) is 8.62. The third kappa shape index (κ3) is 4.11. The first-order valence-corrected chi connectivity index (χ1v) is 8.62. The van der Waals surface area contributed by atoms with Crippen molar-refractivity contribution in [1.82, 2.24) is 9.88 Å². The highest BCUT2D eigenvalue weighted by atomic mass is 16.5. The number of pyridine rings is 1. The maximum atomic E-state index is 5.78. The molecule has 3 heteroatoms. The van der Waals surface area contributed by atoms with Crippen LogP contribution in [0.5, 0.6) is 5.88 Å². The molecule has 23 heavy (non-hydrogen) atoms. The van der Waals surface area contributed by atoms with E-state index in [4.69, 9.17) is 4.74 Å². The fourth-order valence-electron chi connectivity index (χ4n) is 3.34. The van der Waals surface area contributed by atoms with Gasteiger partial charge in [-0.1, -0.05) is 42.8 Å². The molecule has 1 aromatic heterocycles. The zero-order chi connectivity index (χ0) is 16.1. The van der Waals surface area contributed by atoms with Gasteiger partial charge in [0.15, 0.2) is 0 Å². The molecule has 1 saturated heterocycles. The molecular formula is C20H26N2O. The number of benzene rings is 1. The first kappa shape index (κ1) is 16.0. The third-order valence-corrected chi connectivity index (χ3v) is 4.58. The van der Waals surface area contributed by atoms with Gasteiger partial charge >= 0.3 is 0 Å². The van der Waals surface area contributed by atoms with Crippen LogP contribution in [0.2, 0.25) is 0 Å². The second-order valence-electron chi connectivity index (χ2n) is 6.55.